The molecule has 40 heavy (non-hydrogen) atoms. The summed E-state index contributed by atoms with van der Waals surface area (Å²) in [5, 5.41) is 68.2. The Labute approximate surface area is 227 Å². The first kappa shape index (κ1) is 30.8. The molecule has 0 radical (unpaired) electrons. The standard InChI is InChI=1S/C25H30O15/c1-36-23(35)14-10-38-24(40-25-22(34)21(33)20(32)17(9-26)39-25)13(7-18(29)30)12(14)8-19(31)37-5-4-11-2-3-15(27)16(28)6-11/h2-3,6-7,10,12,17,20-22,24-28,32-34H,4-5,8-9H2,1H3,(H,29,30)/t12-,17+,20+,21-,22+,24-,25+/m0/s1. The molecule has 7 atom stereocenters. The number of aliphatic carboxylic acids is 1. The summed E-state index contributed by atoms with van der Waals surface area (Å²) in [5.41, 5.74) is 0.0283. The quantitative estimate of drug-likeness (QED) is 0.0955. The number of ether oxygens (including phenoxy) is 5. The van der Waals surface area contributed by atoms with Crippen LogP contribution in [0.15, 0.2) is 41.7 Å². The minimum Gasteiger partial charge on any atom is -0.504 e. The van der Waals surface area contributed by atoms with Gasteiger partial charge in [0.15, 0.2) is 17.8 Å². The van der Waals surface area contributed by atoms with E-state index in [0.717, 1.165) is 13.4 Å². The van der Waals surface area contributed by atoms with Gasteiger partial charge >= 0.3 is 17.9 Å². The lowest BCUT2D eigenvalue weighted by atomic mass is 9.86. The first-order valence-corrected chi connectivity index (χ1v) is 12.0. The molecule has 3 rings (SSSR count). The Morgan fingerprint density at radius 3 is 2.40 bits per heavy atom. The second kappa shape index (κ2) is 13.6. The van der Waals surface area contributed by atoms with Crippen LogP contribution in [0.1, 0.15) is 12.0 Å². The molecule has 1 aromatic rings. The van der Waals surface area contributed by atoms with E-state index in [2.05, 4.69) is 0 Å². The van der Waals surface area contributed by atoms with Crippen LogP contribution in [0.25, 0.3) is 0 Å². The summed E-state index contributed by atoms with van der Waals surface area (Å²) in [6.07, 6.45) is -8.94. The number of benzene rings is 1. The predicted octanol–water partition coefficient (Wildman–Crippen LogP) is -1.57. The number of methoxy groups -OCH3 is 1. The molecule has 7 N–H and O–H groups in total. The number of esters is 2. The molecule has 15 heteroatoms. The number of aliphatic hydroxyl groups is 4. The summed E-state index contributed by atoms with van der Waals surface area (Å²) in [4.78, 5) is 36.8. The van der Waals surface area contributed by atoms with Gasteiger partial charge in [-0.1, -0.05) is 6.07 Å². The van der Waals surface area contributed by atoms with Crippen molar-refractivity contribution in [3.05, 3.63) is 47.2 Å². The molecule has 2 heterocycles. The van der Waals surface area contributed by atoms with Gasteiger partial charge in [0.25, 0.3) is 0 Å². The highest BCUT2D eigenvalue weighted by atomic mass is 16.8. The van der Waals surface area contributed by atoms with Crippen molar-refractivity contribution in [2.75, 3.05) is 20.3 Å². The monoisotopic (exact) mass is 570 g/mol. The minimum absolute atomic E-state index is 0.160. The Morgan fingerprint density at radius 2 is 1.77 bits per heavy atom. The molecule has 1 aromatic carbocycles. The van der Waals surface area contributed by atoms with E-state index in [-0.39, 0.29) is 35.7 Å². The Hall–Kier alpha value is -3.73. The molecule has 1 saturated heterocycles. The average molecular weight is 571 g/mol. The van der Waals surface area contributed by atoms with Crippen LogP contribution in [0.4, 0.5) is 0 Å². The van der Waals surface area contributed by atoms with Gasteiger partial charge < -0.3 is 59.4 Å². The maximum absolute atomic E-state index is 12.7. The molecule has 0 unspecified atom stereocenters. The van der Waals surface area contributed by atoms with Crippen molar-refractivity contribution in [2.45, 2.75) is 49.8 Å². The fourth-order valence-electron chi connectivity index (χ4n) is 4.13. The zero-order valence-electron chi connectivity index (χ0n) is 21.2. The molecule has 0 amide bonds. The lowest BCUT2D eigenvalue weighted by Gasteiger charge is -2.41. The molecule has 2 aliphatic heterocycles. The average Bonchev–Trinajstić information content (AvgIpc) is 2.92. The van der Waals surface area contributed by atoms with E-state index < -0.39 is 73.8 Å². The van der Waals surface area contributed by atoms with Crippen LogP contribution in [0.5, 0.6) is 11.5 Å². The van der Waals surface area contributed by atoms with Crippen molar-refractivity contribution in [1.29, 1.82) is 0 Å². The summed E-state index contributed by atoms with van der Waals surface area (Å²) in [6.45, 7) is -0.912. The first-order chi connectivity index (χ1) is 19.0. The third-order valence-corrected chi connectivity index (χ3v) is 6.25. The van der Waals surface area contributed by atoms with E-state index in [1.54, 1.807) is 0 Å². The second-order valence-corrected chi connectivity index (χ2v) is 8.90. The Balaban J connectivity index is 1.80. The fraction of sp³-hybridized carbons (Fsp3) is 0.480. The van der Waals surface area contributed by atoms with Crippen molar-refractivity contribution in [1.82, 2.24) is 0 Å². The Morgan fingerprint density at radius 1 is 1.05 bits per heavy atom. The minimum atomic E-state index is -1.85. The van der Waals surface area contributed by atoms with Crippen LogP contribution >= 0.6 is 0 Å². The normalized spacial score (nSPS) is 29.3. The number of aromatic hydroxyl groups is 2. The molecule has 0 aliphatic carbocycles. The number of hydrogen-bond donors (Lipinski definition) is 7. The Kier molecular flexibility index (Phi) is 10.4. The zero-order chi connectivity index (χ0) is 29.6. The smallest absolute Gasteiger partial charge is 0.337 e. The van der Waals surface area contributed by atoms with Crippen LogP contribution in [-0.2, 0) is 44.5 Å². The van der Waals surface area contributed by atoms with Crippen LogP contribution in [0.2, 0.25) is 0 Å². The van der Waals surface area contributed by atoms with Gasteiger partial charge in [-0.05, 0) is 17.7 Å². The zero-order valence-corrected chi connectivity index (χ0v) is 21.2. The number of carbonyl (C=O) groups excluding carboxylic acids is 2. The van der Waals surface area contributed by atoms with Crippen molar-refractivity contribution < 1.29 is 73.8 Å². The summed E-state index contributed by atoms with van der Waals surface area (Å²) in [7, 11) is 1.06. The maximum Gasteiger partial charge on any atom is 0.337 e. The highest BCUT2D eigenvalue weighted by Crippen LogP contribution is 2.36. The van der Waals surface area contributed by atoms with Gasteiger partial charge in [-0.3, -0.25) is 4.79 Å². The largest absolute Gasteiger partial charge is 0.504 e. The van der Waals surface area contributed by atoms with Crippen molar-refractivity contribution >= 4 is 17.9 Å². The second-order valence-electron chi connectivity index (χ2n) is 8.90. The lowest BCUT2D eigenvalue weighted by molar-refractivity contribution is -0.327. The number of hydrogen-bond acceptors (Lipinski definition) is 14. The molecule has 0 aromatic heterocycles. The van der Waals surface area contributed by atoms with Crippen molar-refractivity contribution in [2.24, 2.45) is 5.92 Å². The van der Waals surface area contributed by atoms with Gasteiger partial charge in [0.1, 0.15) is 24.4 Å². The molecule has 0 spiro atoms. The maximum atomic E-state index is 12.7. The number of carbonyl (C=O) groups is 3. The number of phenolic OH excluding ortho intramolecular Hbond substituents is 2. The number of aliphatic hydroxyl groups excluding tert-OH is 4. The fourth-order valence-corrected chi connectivity index (χ4v) is 4.13. The van der Waals surface area contributed by atoms with E-state index >= 15 is 0 Å². The van der Waals surface area contributed by atoms with E-state index in [1.807, 2.05) is 0 Å². The molecule has 1 fully saturated rings. The topological polar surface area (TPSA) is 239 Å². The predicted molar refractivity (Wildman–Crippen MR) is 128 cm³/mol. The van der Waals surface area contributed by atoms with Crippen LogP contribution in [0.3, 0.4) is 0 Å². The van der Waals surface area contributed by atoms with Gasteiger partial charge in [0.2, 0.25) is 6.29 Å². The van der Waals surface area contributed by atoms with Crippen LogP contribution in [-0.4, -0.2) is 111 Å². The van der Waals surface area contributed by atoms with Gasteiger partial charge in [-0.25, -0.2) is 9.59 Å². The van der Waals surface area contributed by atoms with E-state index in [9.17, 15) is 50.1 Å². The third-order valence-electron chi connectivity index (χ3n) is 6.25. The van der Waals surface area contributed by atoms with Crippen molar-refractivity contribution in [3.63, 3.8) is 0 Å². The van der Waals surface area contributed by atoms with Crippen LogP contribution in [0, 0.1) is 5.92 Å². The van der Waals surface area contributed by atoms with E-state index in [0.29, 0.717) is 11.6 Å². The number of carboxylic acid groups (broad SMARTS) is 1. The molecular weight excluding hydrogens is 540 g/mol. The van der Waals surface area contributed by atoms with Gasteiger partial charge in [-0.15, -0.1) is 0 Å². The molecule has 0 saturated carbocycles. The van der Waals surface area contributed by atoms with Gasteiger partial charge in [0, 0.05) is 24.0 Å². The summed E-state index contributed by atoms with van der Waals surface area (Å²) in [6, 6.07) is 4.06. The summed E-state index contributed by atoms with van der Waals surface area (Å²) >= 11 is 0. The summed E-state index contributed by atoms with van der Waals surface area (Å²) < 4.78 is 26.1. The summed E-state index contributed by atoms with van der Waals surface area (Å²) in [5.74, 6) is -5.27. The highest BCUT2D eigenvalue weighted by Gasteiger charge is 2.47. The van der Waals surface area contributed by atoms with Crippen LogP contribution < -0.4 is 0 Å². The SMILES string of the molecule is COC(=O)C1=CO[C@@H](O[C@H]2O[C@H](CO)[C@@H](O)[C@H](O)[C@H]2O)C(=CC(=O)O)[C@@H]1CC(=O)OCCc1ccc(O)c(O)c1. The van der Waals surface area contributed by atoms with Crippen molar-refractivity contribution in [3.8, 4) is 11.5 Å². The molecule has 0 bridgehead atoms. The van der Waals surface area contributed by atoms with Gasteiger partial charge in [-0.2, -0.15) is 0 Å². The molecule has 2 aliphatic rings. The first-order valence-electron chi connectivity index (χ1n) is 12.0. The lowest BCUT2D eigenvalue weighted by Crippen LogP contribution is -2.60. The number of carboxylic acids is 1. The third kappa shape index (κ3) is 7.26. The number of rotatable bonds is 10. The highest BCUT2D eigenvalue weighted by molar-refractivity contribution is 5.91. The molecular formula is C25H30O15. The van der Waals surface area contributed by atoms with Gasteiger partial charge in [0.05, 0.1) is 38.6 Å². The van der Waals surface area contributed by atoms with E-state index in [4.69, 9.17) is 23.7 Å². The number of phenols is 2. The molecule has 220 valence electrons. The Bertz CT molecular complexity index is 1140. The molecule has 15 nitrogen and oxygen atoms in total. The van der Waals surface area contributed by atoms with E-state index in [1.165, 1.54) is 18.2 Å².